The van der Waals surface area contributed by atoms with E-state index >= 15 is 0 Å². The molecule has 1 heterocycles. The zero-order valence-corrected chi connectivity index (χ0v) is 11.7. The van der Waals surface area contributed by atoms with Crippen LogP contribution in [-0.2, 0) is 19.6 Å². The summed E-state index contributed by atoms with van der Waals surface area (Å²) >= 11 is 1.72. The lowest BCUT2D eigenvalue weighted by atomic mass is 10.1. The third-order valence-corrected chi connectivity index (χ3v) is 3.96. The fourth-order valence-corrected chi connectivity index (χ4v) is 2.84. The van der Waals surface area contributed by atoms with E-state index in [0.29, 0.717) is 6.54 Å². The highest BCUT2D eigenvalue weighted by Crippen LogP contribution is 2.17. The molecular formula is C14H19N3S. The number of nitrogens with two attached hydrogens (primary N) is 1. The van der Waals surface area contributed by atoms with Crippen molar-refractivity contribution >= 4 is 11.3 Å². The minimum atomic E-state index is 0.601. The van der Waals surface area contributed by atoms with E-state index in [-0.39, 0.29) is 0 Å². The van der Waals surface area contributed by atoms with Crippen molar-refractivity contribution < 1.29 is 0 Å². The molecule has 3 nitrogen and oxygen atoms in total. The highest BCUT2D eigenvalue weighted by molar-refractivity contribution is 7.09. The summed E-state index contributed by atoms with van der Waals surface area (Å²) in [6, 6.07) is 8.36. The van der Waals surface area contributed by atoms with Crippen LogP contribution in [0.25, 0.3) is 0 Å². The second kappa shape index (κ2) is 6.09. The van der Waals surface area contributed by atoms with Gasteiger partial charge in [-0.05, 0) is 25.1 Å². The summed E-state index contributed by atoms with van der Waals surface area (Å²) < 4.78 is 0. The first-order valence-corrected chi connectivity index (χ1v) is 6.93. The van der Waals surface area contributed by atoms with Crippen LogP contribution in [0.2, 0.25) is 0 Å². The van der Waals surface area contributed by atoms with Crippen LogP contribution < -0.4 is 5.73 Å². The average molecular weight is 261 g/mol. The van der Waals surface area contributed by atoms with Gasteiger partial charge in [-0.3, -0.25) is 4.90 Å². The molecule has 0 fully saturated rings. The van der Waals surface area contributed by atoms with Gasteiger partial charge in [0.2, 0.25) is 0 Å². The van der Waals surface area contributed by atoms with Crippen LogP contribution in [0.1, 0.15) is 21.7 Å². The molecule has 0 aliphatic rings. The maximum atomic E-state index is 5.76. The monoisotopic (exact) mass is 261 g/mol. The molecule has 0 radical (unpaired) electrons. The van der Waals surface area contributed by atoms with Gasteiger partial charge in [0.25, 0.3) is 0 Å². The molecule has 1 aromatic heterocycles. The van der Waals surface area contributed by atoms with Crippen molar-refractivity contribution in [3.05, 3.63) is 51.5 Å². The Kier molecular flexibility index (Phi) is 4.47. The molecule has 2 rings (SSSR count). The number of thiazole rings is 1. The van der Waals surface area contributed by atoms with Crippen LogP contribution >= 0.6 is 11.3 Å². The highest BCUT2D eigenvalue weighted by atomic mass is 32.1. The SMILES string of the molecule is Cc1ncsc1CN(C)Cc1ccccc1CN. The van der Waals surface area contributed by atoms with E-state index in [1.54, 1.807) is 11.3 Å². The van der Waals surface area contributed by atoms with Gasteiger partial charge in [0, 0.05) is 24.5 Å². The van der Waals surface area contributed by atoms with Crippen molar-refractivity contribution in [1.29, 1.82) is 0 Å². The molecule has 2 aromatic rings. The maximum absolute atomic E-state index is 5.76. The second-order valence-electron chi connectivity index (χ2n) is 4.51. The number of aromatic nitrogens is 1. The Balaban J connectivity index is 2.03. The smallest absolute Gasteiger partial charge is 0.0798 e. The quantitative estimate of drug-likeness (QED) is 0.899. The Morgan fingerprint density at radius 2 is 1.94 bits per heavy atom. The van der Waals surface area contributed by atoms with Gasteiger partial charge in [0.15, 0.2) is 0 Å². The van der Waals surface area contributed by atoms with Crippen LogP contribution in [0.3, 0.4) is 0 Å². The van der Waals surface area contributed by atoms with Crippen LogP contribution in [0.15, 0.2) is 29.8 Å². The fourth-order valence-electron chi connectivity index (χ4n) is 1.98. The number of hydrogen-bond acceptors (Lipinski definition) is 4. The van der Waals surface area contributed by atoms with E-state index in [9.17, 15) is 0 Å². The Hall–Kier alpha value is -1.23. The van der Waals surface area contributed by atoms with E-state index in [0.717, 1.165) is 18.8 Å². The van der Waals surface area contributed by atoms with E-state index in [4.69, 9.17) is 5.73 Å². The molecule has 96 valence electrons. The Morgan fingerprint density at radius 3 is 2.56 bits per heavy atom. The van der Waals surface area contributed by atoms with Crippen molar-refractivity contribution in [1.82, 2.24) is 9.88 Å². The lowest BCUT2D eigenvalue weighted by Gasteiger charge is -2.18. The first-order valence-electron chi connectivity index (χ1n) is 6.05. The summed E-state index contributed by atoms with van der Waals surface area (Å²) in [5.74, 6) is 0. The van der Waals surface area contributed by atoms with E-state index in [1.807, 2.05) is 11.6 Å². The molecule has 4 heteroatoms. The molecule has 0 atom stereocenters. The second-order valence-corrected chi connectivity index (χ2v) is 5.45. The number of nitrogens with zero attached hydrogens (tertiary/aromatic N) is 2. The number of benzene rings is 1. The van der Waals surface area contributed by atoms with Crippen molar-refractivity contribution in [3.63, 3.8) is 0 Å². The van der Waals surface area contributed by atoms with Gasteiger partial charge in [-0.25, -0.2) is 4.98 Å². The molecule has 0 bridgehead atoms. The molecule has 18 heavy (non-hydrogen) atoms. The summed E-state index contributed by atoms with van der Waals surface area (Å²) in [5, 5.41) is 0. The molecule has 2 N–H and O–H groups in total. The summed E-state index contributed by atoms with van der Waals surface area (Å²) in [5.41, 5.74) is 11.3. The number of aryl methyl sites for hydroxylation is 1. The van der Waals surface area contributed by atoms with Crippen molar-refractivity contribution in [2.45, 2.75) is 26.6 Å². The van der Waals surface area contributed by atoms with Gasteiger partial charge in [0.05, 0.1) is 11.2 Å². The fraction of sp³-hybridized carbons (Fsp3) is 0.357. The normalized spacial score (nSPS) is 11.1. The largest absolute Gasteiger partial charge is 0.326 e. The average Bonchev–Trinajstić information content (AvgIpc) is 2.75. The lowest BCUT2D eigenvalue weighted by Crippen LogP contribution is -2.18. The van der Waals surface area contributed by atoms with Gasteiger partial charge >= 0.3 is 0 Å². The molecule has 0 amide bonds. The van der Waals surface area contributed by atoms with Gasteiger partial charge in [-0.2, -0.15) is 0 Å². The predicted octanol–water partition coefficient (Wildman–Crippen LogP) is 2.54. The van der Waals surface area contributed by atoms with Crippen LogP contribution in [0.4, 0.5) is 0 Å². The first-order chi connectivity index (χ1) is 8.70. The van der Waals surface area contributed by atoms with Crippen molar-refractivity contribution in [3.8, 4) is 0 Å². The minimum Gasteiger partial charge on any atom is -0.326 e. The highest BCUT2D eigenvalue weighted by Gasteiger charge is 2.08. The summed E-state index contributed by atoms with van der Waals surface area (Å²) in [6.45, 7) is 4.53. The maximum Gasteiger partial charge on any atom is 0.0798 e. The van der Waals surface area contributed by atoms with E-state index in [2.05, 4.69) is 42.1 Å². The molecule has 0 aliphatic heterocycles. The number of rotatable bonds is 5. The van der Waals surface area contributed by atoms with Gasteiger partial charge in [-0.15, -0.1) is 11.3 Å². The van der Waals surface area contributed by atoms with Crippen LogP contribution in [-0.4, -0.2) is 16.9 Å². The van der Waals surface area contributed by atoms with E-state index < -0.39 is 0 Å². The van der Waals surface area contributed by atoms with Crippen LogP contribution in [0, 0.1) is 6.92 Å². The predicted molar refractivity (Wildman–Crippen MR) is 76.4 cm³/mol. The Bertz CT molecular complexity index is 507. The molecule has 0 unspecified atom stereocenters. The number of hydrogen-bond donors (Lipinski definition) is 1. The Morgan fingerprint density at radius 1 is 1.22 bits per heavy atom. The van der Waals surface area contributed by atoms with Crippen molar-refractivity contribution in [2.24, 2.45) is 5.73 Å². The van der Waals surface area contributed by atoms with Crippen molar-refractivity contribution in [2.75, 3.05) is 7.05 Å². The first kappa shape index (κ1) is 13.2. The topological polar surface area (TPSA) is 42.2 Å². The zero-order chi connectivity index (χ0) is 13.0. The zero-order valence-electron chi connectivity index (χ0n) is 10.9. The van der Waals surface area contributed by atoms with E-state index in [1.165, 1.54) is 16.0 Å². The lowest BCUT2D eigenvalue weighted by molar-refractivity contribution is 0.320. The van der Waals surface area contributed by atoms with Gasteiger partial charge in [-0.1, -0.05) is 24.3 Å². The van der Waals surface area contributed by atoms with Crippen LogP contribution in [0.5, 0.6) is 0 Å². The molecule has 0 saturated heterocycles. The molecule has 1 aromatic carbocycles. The Labute approximate surface area is 112 Å². The summed E-state index contributed by atoms with van der Waals surface area (Å²) in [7, 11) is 2.13. The standard InChI is InChI=1S/C14H19N3S/c1-11-14(18-10-16-11)9-17(2)8-13-6-4-3-5-12(13)7-15/h3-6,10H,7-9,15H2,1-2H3. The molecule has 0 aliphatic carbocycles. The molecule has 0 spiro atoms. The third kappa shape index (κ3) is 3.16. The van der Waals surface area contributed by atoms with Gasteiger partial charge in [0.1, 0.15) is 0 Å². The minimum absolute atomic E-state index is 0.601. The third-order valence-electron chi connectivity index (χ3n) is 3.04. The summed E-state index contributed by atoms with van der Waals surface area (Å²) in [6.07, 6.45) is 0. The summed E-state index contributed by atoms with van der Waals surface area (Å²) in [4.78, 5) is 7.92. The molecular weight excluding hydrogens is 242 g/mol. The van der Waals surface area contributed by atoms with Gasteiger partial charge < -0.3 is 5.73 Å². The molecule has 0 saturated carbocycles.